The van der Waals surface area contributed by atoms with Crippen molar-refractivity contribution in [3.05, 3.63) is 5.21 Å². The molecular formula is C21H45NO. The van der Waals surface area contributed by atoms with E-state index in [-0.39, 0.29) is 22.8 Å². The molecule has 0 N–H and O–H groups in total. The van der Waals surface area contributed by atoms with Gasteiger partial charge in [0.15, 0.2) is 0 Å². The van der Waals surface area contributed by atoms with E-state index in [1.807, 2.05) is 0 Å². The van der Waals surface area contributed by atoms with Crippen molar-refractivity contribution in [1.29, 1.82) is 0 Å². The van der Waals surface area contributed by atoms with Crippen molar-refractivity contribution in [3.63, 3.8) is 0 Å². The second kappa shape index (κ2) is 13.2. The van der Waals surface area contributed by atoms with Gasteiger partial charge in [-0.2, -0.15) is 0 Å². The highest BCUT2D eigenvalue weighted by molar-refractivity contribution is 4.69. The highest BCUT2D eigenvalue weighted by Crippen LogP contribution is 2.31. The summed E-state index contributed by atoms with van der Waals surface area (Å²) in [6.07, 6.45) is 14.4. The van der Waals surface area contributed by atoms with Crippen molar-refractivity contribution >= 4 is 0 Å². The van der Waals surface area contributed by atoms with Crippen LogP contribution in [-0.2, 0) is 0 Å². The molecule has 0 bridgehead atoms. The molecule has 0 saturated carbocycles. The Balaban J connectivity index is 4.84. The largest absolute Gasteiger partial charge is 0.632 e. The number of quaternary nitrogens is 1. The number of hydrogen-bond donors (Lipinski definition) is 0. The normalized spacial score (nSPS) is 18.4. The van der Waals surface area contributed by atoms with E-state index in [4.69, 9.17) is 0 Å². The van der Waals surface area contributed by atoms with Crippen LogP contribution in [0.15, 0.2) is 0 Å². The highest BCUT2D eigenvalue weighted by atomic mass is 16.6. The second-order valence-corrected chi connectivity index (χ2v) is 7.80. The minimum atomic E-state index is 0.0527. The number of hydrogen-bond acceptors (Lipinski definition) is 1. The first kappa shape index (κ1) is 22.9. The Bertz CT molecular complexity index is 226. The molecule has 2 heteroatoms. The smallest absolute Gasteiger partial charge is 0.0862 e. The van der Waals surface area contributed by atoms with E-state index < -0.39 is 0 Å². The summed E-state index contributed by atoms with van der Waals surface area (Å²) in [5, 5.41) is 13.9. The van der Waals surface area contributed by atoms with E-state index in [0.29, 0.717) is 0 Å². The molecule has 0 aliphatic carbocycles. The van der Waals surface area contributed by atoms with Crippen molar-refractivity contribution in [2.75, 3.05) is 0 Å². The molecule has 0 aromatic carbocycles. The summed E-state index contributed by atoms with van der Waals surface area (Å²) in [6, 6.07) is 0.736. The van der Waals surface area contributed by atoms with Crippen LogP contribution in [0, 0.1) is 5.21 Å². The van der Waals surface area contributed by atoms with Gasteiger partial charge in [-0.1, -0.05) is 59.3 Å². The molecular weight excluding hydrogens is 282 g/mol. The first-order valence-corrected chi connectivity index (χ1v) is 10.5. The molecule has 0 aliphatic heterocycles. The van der Waals surface area contributed by atoms with E-state index >= 15 is 0 Å². The van der Waals surface area contributed by atoms with E-state index in [0.717, 1.165) is 19.3 Å². The van der Waals surface area contributed by atoms with Crippen LogP contribution < -0.4 is 0 Å². The molecule has 0 spiro atoms. The van der Waals surface area contributed by atoms with Crippen molar-refractivity contribution in [2.45, 2.75) is 137 Å². The summed E-state index contributed by atoms with van der Waals surface area (Å²) in [5.41, 5.74) is 0. The Hall–Kier alpha value is -0.0800. The number of unbranched alkanes of at least 4 members (excludes halogenated alkanes) is 6. The monoisotopic (exact) mass is 327 g/mol. The summed E-state index contributed by atoms with van der Waals surface area (Å²) in [6.45, 7) is 13.4. The maximum atomic E-state index is 13.9. The van der Waals surface area contributed by atoms with Gasteiger partial charge < -0.3 is 9.85 Å². The lowest BCUT2D eigenvalue weighted by Crippen LogP contribution is -2.60. The third-order valence-electron chi connectivity index (χ3n) is 5.74. The molecule has 2 nitrogen and oxygen atoms in total. The van der Waals surface area contributed by atoms with Gasteiger partial charge >= 0.3 is 0 Å². The quantitative estimate of drug-likeness (QED) is 0.177. The molecule has 3 unspecified atom stereocenters. The molecule has 0 aromatic rings. The first-order chi connectivity index (χ1) is 10.9. The van der Waals surface area contributed by atoms with Crippen molar-refractivity contribution < 1.29 is 4.65 Å². The van der Waals surface area contributed by atoms with Gasteiger partial charge in [-0.15, -0.1) is 0 Å². The molecule has 0 amide bonds. The first-order valence-electron chi connectivity index (χ1n) is 10.5. The molecule has 0 rings (SSSR count). The van der Waals surface area contributed by atoms with E-state index in [1.54, 1.807) is 0 Å². The van der Waals surface area contributed by atoms with Crippen LogP contribution in [0.3, 0.4) is 0 Å². The Morgan fingerprint density at radius 2 is 0.826 bits per heavy atom. The van der Waals surface area contributed by atoms with Crippen molar-refractivity contribution in [3.8, 4) is 0 Å². The lowest BCUT2D eigenvalue weighted by molar-refractivity contribution is -0.947. The topological polar surface area (TPSA) is 23.1 Å². The molecule has 0 saturated heterocycles. The maximum absolute atomic E-state index is 13.9. The summed E-state index contributed by atoms with van der Waals surface area (Å²) in [5.74, 6) is 0. The van der Waals surface area contributed by atoms with Crippen LogP contribution in [0.2, 0.25) is 0 Å². The zero-order valence-corrected chi connectivity index (χ0v) is 17.1. The predicted molar refractivity (Wildman–Crippen MR) is 104 cm³/mol. The fourth-order valence-corrected chi connectivity index (χ4v) is 3.98. The van der Waals surface area contributed by atoms with Crippen LogP contribution in [0.5, 0.6) is 0 Å². The fraction of sp³-hybridized carbons (Fsp3) is 1.00. The Kier molecular flexibility index (Phi) is 13.2. The zero-order chi connectivity index (χ0) is 17.7. The van der Waals surface area contributed by atoms with Crippen LogP contribution in [0.1, 0.15) is 119 Å². The third-order valence-corrected chi connectivity index (χ3v) is 5.74. The number of rotatable bonds is 15. The van der Waals surface area contributed by atoms with Gasteiger partial charge in [-0.05, 0) is 59.3 Å². The van der Waals surface area contributed by atoms with Gasteiger partial charge in [0, 0.05) is 0 Å². The van der Waals surface area contributed by atoms with E-state index in [9.17, 15) is 5.21 Å². The average molecular weight is 328 g/mol. The molecule has 23 heavy (non-hydrogen) atoms. The average Bonchev–Trinajstić information content (AvgIpc) is 2.54. The minimum absolute atomic E-state index is 0.0527. The minimum Gasteiger partial charge on any atom is -0.632 e. The van der Waals surface area contributed by atoms with Crippen LogP contribution >= 0.6 is 0 Å². The fourth-order valence-electron chi connectivity index (χ4n) is 3.98. The number of nitrogens with zero attached hydrogens (tertiary/aromatic N) is 1. The third kappa shape index (κ3) is 8.03. The SMILES string of the molecule is CCCCCC(C)[N+]([O-])(C(C)CCCCC)C(C)CCCCC. The van der Waals surface area contributed by atoms with Gasteiger partial charge in [0.25, 0.3) is 0 Å². The van der Waals surface area contributed by atoms with Crippen molar-refractivity contribution in [2.24, 2.45) is 0 Å². The summed E-state index contributed by atoms with van der Waals surface area (Å²) in [7, 11) is 0. The molecule has 0 aromatic heterocycles. The number of hydroxylamine groups is 3. The van der Waals surface area contributed by atoms with Crippen LogP contribution in [-0.4, -0.2) is 22.8 Å². The molecule has 3 atom stereocenters. The van der Waals surface area contributed by atoms with Gasteiger partial charge in [0.1, 0.15) is 0 Å². The highest BCUT2D eigenvalue weighted by Gasteiger charge is 2.35. The van der Waals surface area contributed by atoms with E-state index in [1.165, 1.54) is 57.8 Å². The molecule has 140 valence electrons. The summed E-state index contributed by atoms with van der Waals surface area (Å²) >= 11 is 0. The summed E-state index contributed by atoms with van der Waals surface area (Å²) in [4.78, 5) is 0. The molecule has 0 radical (unpaired) electrons. The summed E-state index contributed by atoms with van der Waals surface area (Å²) < 4.78 is 0.0527. The molecule has 0 aliphatic rings. The lowest BCUT2D eigenvalue weighted by atomic mass is 9.97. The zero-order valence-electron chi connectivity index (χ0n) is 17.1. The molecule has 0 fully saturated rings. The van der Waals surface area contributed by atoms with Crippen LogP contribution in [0.25, 0.3) is 0 Å². The van der Waals surface area contributed by atoms with Gasteiger partial charge in [-0.3, -0.25) is 0 Å². The Labute approximate surface area is 147 Å². The van der Waals surface area contributed by atoms with Gasteiger partial charge in [-0.25, -0.2) is 0 Å². The Morgan fingerprint density at radius 3 is 1.04 bits per heavy atom. The standard InChI is InChI=1S/C21H45NO/c1-7-10-13-16-19(4)22(23,20(5)17-14-11-8-2)21(6)18-15-12-9-3/h19-21H,7-18H2,1-6H3. The predicted octanol–water partition coefficient (Wildman–Crippen LogP) is 7.21. The maximum Gasteiger partial charge on any atom is 0.0862 e. The van der Waals surface area contributed by atoms with Crippen LogP contribution in [0.4, 0.5) is 0 Å². The van der Waals surface area contributed by atoms with Crippen molar-refractivity contribution in [1.82, 2.24) is 0 Å². The second-order valence-electron chi connectivity index (χ2n) is 7.80. The van der Waals surface area contributed by atoms with Gasteiger partial charge in [0.2, 0.25) is 0 Å². The van der Waals surface area contributed by atoms with E-state index in [2.05, 4.69) is 41.5 Å². The molecule has 0 heterocycles. The lowest BCUT2D eigenvalue weighted by Gasteiger charge is -2.56. The Morgan fingerprint density at radius 1 is 0.565 bits per heavy atom. The van der Waals surface area contributed by atoms with Gasteiger partial charge in [0.05, 0.1) is 18.1 Å².